The van der Waals surface area contributed by atoms with E-state index in [4.69, 9.17) is 0 Å². The van der Waals surface area contributed by atoms with Gasteiger partial charge >= 0.3 is 0 Å². The number of piperidine rings is 1. The molecule has 5 heteroatoms. The molecule has 0 spiro atoms. The van der Waals surface area contributed by atoms with E-state index in [0.29, 0.717) is 19.0 Å². The second kappa shape index (κ2) is 4.90. The third kappa shape index (κ3) is 2.36. The van der Waals surface area contributed by atoms with Gasteiger partial charge in [-0.05, 0) is 30.4 Å². The highest BCUT2D eigenvalue weighted by Crippen LogP contribution is 2.34. The summed E-state index contributed by atoms with van der Waals surface area (Å²) in [5.41, 5.74) is 2.60. The number of fused-ring (bicyclic) bond motifs is 1. The molecule has 2 aromatic rings. The number of hydrogen-bond acceptors (Lipinski definition) is 2. The van der Waals surface area contributed by atoms with Crippen LogP contribution in [0.15, 0.2) is 30.5 Å². The molecule has 0 amide bonds. The lowest BCUT2D eigenvalue weighted by molar-refractivity contribution is 0.322. The lowest BCUT2D eigenvalue weighted by Gasteiger charge is -2.30. The molecule has 1 aromatic carbocycles. The van der Waals surface area contributed by atoms with E-state index >= 15 is 0 Å². The molecule has 1 aliphatic heterocycles. The van der Waals surface area contributed by atoms with E-state index in [2.05, 4.69) is 42.1 Å². The van der Waals surface area contributed by atoms with Crippen LogP contribution in [0.2, 0.25) is 0 Å². The Morgan fingerprint density at radius 2 is 1.80 bits per heavy atom. The number of para-hydroxylation sites is 1. The Bertz CT molecular complexity index is 725. The molecule has 0 saturated carbocycles. The minimum absolute atomic E-state index is 0.457. The van der Waals surface area contributed by atoms with Gasteiger partial charge in [-0.3, -0.25) is 0 Å². The summed E-state index contributed by atoms with van der Waals surface area (Å²) in [5.74, 6) is 0.457. The van der Waals surface area contributed by atoms with E-state index in [-0.39, 0.29) is 0 Å². The van der Waals surface area contributed by atoms with Crippen LogP contribution < -0.4 is 0 Å². The van der Waals surface area contributed by atoms with Crippen LogP contribution in [0, 0.1) is 0 Å². The first kappa shape index (κ1) is 13.6. The standard InChI is InChI=1S/C15H20N2O2S/c1-16-11-14(13-5-3-4-6-15(13)16)12-7-9-17(10-8-12)20(2,18)19/h3-6,11-12H,7-10H2,1-2H3. The van der Waals surface area contributed by atoms with Crippen molar-refractivity contribution in [3.63, 3.8) is 0 Å². The van der Waals surface area contributed by atoms with Crippen molar-refractivity contribution in [2.45, 2.75) is 18.8 Å². The fraction of sp³-hybridized carbons (Fsp3) is 0.467. The molecule has 1 saturated heterocycles. The summed E-state index contributed by atoms with van der Waals surface area (Å²) in [6.07, 6.45) is 5.30. The SMILES string of the molecule is Cn1cc(C2CCN(S(C)(=O)=O)CC2)c2ccccc21. The zero-order valence-electron chi connectivity index (χ0n) is 11.9. The maximum atomic E-state index is 11.6. The minimum atomic E-state index is -3.04. The van der Waals surface area contributed by atoms with E-state index in [9.17, 15) is 8.42 Å². The number of aromatic nitrogens is 1. The molecule has 20 heavy (non-hydrogen) atoms. The third-order valence-electron chi connectivity index (χ3n) is 4.29. The van der Waals surface area contributed by atoms with Crippen LogP contribution in [0.4, 0.5) is 0 Å². The molecule has 4 nitrogen and oxygen atoms in total. The maximum Gasteiger partial charge on any atom is 0.211 e. The first-order valence-electron chi connectivity index (χ1n) is 6.96. The molecular weight excluding hydrogens is 272 g/mol. The summed E-state index contributed by atoms with van der Waals surface area (Å²) < 4.78 is 26.9. The maximum absolute atomic E-state index is 11.6. The molecule has 1 aromatic heterocycles. The van der Waals surface area contributed by atoms with E-state index < -0.39 is 10.0 Å². The van der Waals surface area contributed by atoms with Crippen LogP contribution in [-0.2, 0) is 17.1 Å². The van der Waals surface area contributed by atoms with Gasteiger partial charge < -0.3 is 4.57 Å². The minimum Gasteiger partial charge on any atom is -0.350 e. The molecule has 1 aliphatic rings. The third-order valence-corrected chi connectivity index (χ3v) is 5.59. The average molecular weight is 292 g/mol. The predicted molar refractivity (Wildman–Crippen MR) is 81.3 cm³/mol. The van der Waals surface area contributed by atoms with Gasteiger partial charge in [0.2, 0.25) is 10.0 Å². The van der Waals surface area contributed by atoms with Crippen molar-refractivity contribution >= 4 is 20.9 Å². The van der Waals surface area contributed by atoms with E-state index in [1.165, 1.54) is 22.7 Å². The van der Waals surface area contributed by atoms with Crippen LogP contribution in [-0.4, -0.2) is 36.6 Å². The lowest BCUT2D eigenvalue weighted by atomic mass is 9.90. The van der Waals surface area contributed by atoms with E-state index in [1.807, 2.05) is 0 Å². The second-order valence-corrected chi connectivity index (χ2v) is 7.63. The van der Waals surface area contributed by atoms with Gasteiger partial charge in [0.1, 0.15) is 0 Å². The molecule has 3 rings (SSSR count). The Kier molecular flexibility index (Phi) is 3.34. The number of nitrogens with zero attached hydrogens (tertiary/aromatic N) is 2. The first-order valence-corrected chi connectivity index (χ1v) is 8.81. The number of benzene rings is 1. The Balaban J connectivity index is 1.87. The Morgan fingerprint density at radius 1 is 1.15 bits per heavy atom. The quantitative estimate of drug-likeness (QED) is 0.852. The molecule has 0 atom stereocenters. The van der Waals surface area contributed by atoms with Crippen LogP contribution in [0.5, 0.6) is 0 Å². The Morgan fingerprint density at radius 3 is 2.45 bits per heavy atom. The van der Waals surface area contributed by atoms with Crippen molar-refractivity contribution in [1.29, 1.82) is 0 Å². The summed E-state index contributed by atoms with van der Waals surface area (Å²) in [5, 5.41) is 1.30. The van der Waals surface area contributed by atoms with Gasteiger partial charge in [-0.1, -0.05) is 18.2 Å². The van der Waals surface area contributed by atoms with Crippen LogP contribution in [0.1, 0.15) is 24.3 Å². The molecular formula is C15H20N2O2S. The van der Waals surface area contributed by atoms with Gasteiger partial charge in [-0.2, -0.15) is 0 Å². The van der Waals surface area contributed by atoms with Gasteiger partial charge in [0.05, 0.1) is 6.26 Å². The van der Waals surface area contributed by atoms with Gasteiger partial charge in [0.15, 0.2) is 0 Å². The average Bonchev–Trinajstić information content (AvgIpc) is 2.76. The Hall–Kier alpha value is -1.33. The summed E-state index contributed by atoms with van der Waals surface area (Å²) in [7, 11) is -0.974. The summed E-state index contributed by atoms with van der Waals surface area (Å²) >= 11 is 0. The van der Waals surface area contributed by atoms with Crippen LogP contribution in [0.25, 0.3) is 10.9 Å². The predicted octanol–water partition coefficient (Wildman–Crippen LogP) is 2.32. The highest BCUT2D eigenvalue weighted by atomic mass is 32.2. The fourth-order valence-corrected chi connectivity index (χ4v) is 4.07. The normalized spacial score (nSPS) is 18.7. The second-order valence-electron chi connectivity index (χ2n) is 5.65. The summed E-state index contributed by atoms with van der Waals surface area (Å²) in [4.78, 5) is 0. The molecule has 1 fully saturated rings. The summed E-state index contributed by atoms with van der Waals surface area (Å²) in [6, 6.07) is 8.41. The smallest absolute Gasteiger partial charge is 0.211 e. The van der Waals surface area contributed by atoms with Crippen molar-refractivity contribution in [1.82, 2.24) is 8.87 Å². The molecule has 0 bridgehead atoms. The Labute approximate surface area is 120 Å². The van der Waals surface area contributed by atoms with Crippen molar-refractivity contribution < 1.29 is 8.42 Å². The molecule has 108 valence electrons. The van der Waals surface area contributed by atoms with Gasteiger partial charge in [0, 0.05) is 37.2 Å². The van der Waals surface area contributed by atoms with Gasteiger partial charge in [-0.25, -0.2) is 12.7 Å². The largest absolute Gasteiger partial charge is 0.350 e. The van der Waals surface area contributed by atoms with Crippen LogP contribution >= 0.6 is 0 Å². The monoisotopic (exact) mass is 292 g/mol. The number of sulfonamides is 1. The highest BCUT2D eigenvalue weighted by molar-refractivity contribution is 7.88. The molecule has 0 radical (unpaired) electrons. The molecule has 0 unspecified atom stereocenters. The lowest BCUT2D eigenvalue weighted by Crippen LogP contribution is -2.37. The van der Waals surface area contributed by atoms with Gasteiger partial charge in [0.25, 0.3) is 0 Å². The highest BCUT2D eigenvalue weighted by Gasteiger charge is 2.27. The van der Waals surface area contributed by atoms with Crippen molar-refractivity contribution in [3.05, 3.63) is 36.0 Å². The zero-order chi connectivity index (χ0) is 14.3. The number of aryl methyl sites for hydroxylation is 1. The fourth-order valence-electron chi connectivity index (χ4n) is 3.20. The molecule has 0 N–H and O–H groups in total. The van der Waals surface area contributed by atoms with E-state index in [1.54, 1.807) is 4.31 Å². The van der Waals surface area contributed by atoms with Crippen molar-refractivity contribution in [2.75, 3.05) is 19.3 Å². The van der Waals surface area contributed by atoms with E-state index in [0.717, 1.165) is 12.8 Å². The van der Waals surface area contributed by atoms with Gasteiger partial charge in [-0.15, -0.1) is 0 Å². The molecule has 0 aliphatic carbocycles. The molecule has 2 heterocycles. The topological polar surface area (TPSA) is 42.3 Å². The van der Waals surface area contributed by atoms with Crippen molar-refractivity contribution in [2.24, 2.45) is 7.05 Å². The number of rotatable bonds is 2. The van der Waals surface area contributed by atoms with Crippen LogP contribution in [0.3, 0.4) is 0 Å². The number of hydrogen-bond donors (Lipinski definition) is 0. The summed E-state index contributed by atoms with van der Waals surface area (Å²) in [6.45, 7) is 1.26. The first-order chi connectivity index (χ1) is 9.47. The zero-order valence-corrected chi connectivity index (χ0v) is 12.7. The van der Waals surface area contributed by atoms with Crippen molar-refractivity contribution in [3.8, 4) is 0 Å².